The van der Waals surface area contributed by atoms with E-state index in [4.69, 9.17) is 9.84 Å². The van der Waals surface area contributed by atoms with Gasteiger partial charge in [-0.2, -0.15) is 0 Å². The summed E-state index contributed by atoms with van der Waals surface area (Å²) >= 11 is 0. The van der Waals surface area contributed by atoms with Crippen LogP contribution in [-0.4, -0.2) is 38.9 Å². The molecule has 2 N–H and O–H groups in total. The Morgan fingerprint density at radius 3 is 2.60 bits per heavy atom. The van der Waals surface area contributed by atoms with Gasteiger partial charge in [-0.15, -0.1) is 0 Å². The molecule has 1 aromatic rings. The predicted octanol–water partition coefficient (Wildman–Crippen LogP) is 1.80. The smallest absolute Gasteiger partial charge is 0.407 e. The first-order valence-electron chi connectivity index (χ1n) is 6.43. The number of hydrogen-bond acceptors (Lipinski definition) is 4. The first-order chi connectivity index (χ1) is 9.19. The van der Waals surface area contributed by atoms with Crippen LogP contribution in [-0.2, 0) is 11.3 Å². The third kappa shape index (κ3) is 5.29. The highest BCUT2D eigenvalue weighted by molar-refractivity contribution is 5.85. The number of nitrogens with zero attached hydrogens (tertiary/aromatic N) is 2. The summed E-state index contributed by atoms with van der Waals surface area (Å²) in [6.45, 7) is 8.18. The second kappa shape index (κ2) is 6.40. The first-order valence-corrected chi connectivity index (χ1v) is 6.43. The molecule has 0 saturated carbocycles. The lowest BCUT2D eigenvalue weighted by Crippen LogP contribution is -2.33. The lowest BCUT2D eigenvalue weighted by molar-refractivity contribution is 0.0526. The van der Waals surface area contributed by atoms with Crippen molar-refractivity contribution in [1.82, 2.24) is 14.9 Å². The van der Waals surface area contributed by atoms with Crippen molar-refractivity contribution in [3.63, 3.8) is 0 Å². The summed E-state index contributed by atoms with van der Waals surface area (Å²) in [7, 11) is 0. The van der Waals surface area contributed by atoms with Crippen LogP contribution in [0.15, 0.2) is 6.20 Å². The van der Waals surface area contributed by atoms with E-state index in [-0.39, 0.29) is 5.69 Å². The summed E-state index contributed by atoms with van der Waals surface area (Å²) in [5.74, 6) is -0.404. The fourth-order valence-corrected chi connectivity index (χ4v) is 1.59. The highest BCUT2D eigenvalue weighted by Crippen LogP contribution is 2.06. The van der Waals surface area contributed by atoms with Gasteiger partial charge in [-0.3, -0.25) is 0 Å². The maximum absolute atomic E-state index is 11.4. The van der Waals surface area contributed by atoms with Gasteiger partial charge in [-0.05, 0) is 34.1 Å². The van der Waals surface area contributed by atoms with Gasteiger partial charge in [0.25, 0.3) is 0 Å². The van der Waals surface area contributed by atoms with Crippen LogP contribution in [0.5, 0.6) is 0 Å². The topological polar surface area (TPSA) is 93.5 Å². The minimum atomic E-state index is -1.04. The number of carbonyl (C=O) groups excluding carboxylic acids is 1. The van der Waals surface area contributed by atoms with Crippen molar-refractivity contribution in [2.45, 2.75) is 46.3 Å². The maximum atomic E-state index is 11.4. The Kier molecular flexibility index (Phi) is 5.12. The number of hydrogen-bond donors (Lipinski definition) is 2. The number of carboxylic acid groups (broad SMARTS) is 1. The number of rotatable bonds is 5. The second-order valence-corrected chi connectivity index (χ2v) is 5.45. The molecule has 0 aromatic carbocycles. The van der Waals surface area contributed by atoms with Crippen molar-refractivity contribution in [2.24, 2.45) is 0 Å². The number of nitrogens with one attached hydrogen (secondary N) is 1. The van der Waals surface area contributed by atoms with Gasteiger partial charge in [0.1, 0.15) is 11.4 Å². The van der Waals surface area contributed by atoms with Gasteiger partial charge < -0.3 is 19.7 Å². The van der Waals surface area contributed by atoms with Crippen LogP contribution >= 0.6 is 0 Å². The van der Waals surface area contributed by atoms with E-state index in [9.17, 15) is 9.59 Å². The number of aryl methyl sites for hydroxylation is 2. The van der Waals surface area contributed by atoms with Crippen LogP contribution in [0.1, 0.15) is 43.5 Å². The molecule has 0 fully saturated rings. The molecule has 0 spiro atoms. The Bertz CT molecular complexity index is 488. The summed E-state index contributed by atoms with van der Waals surface area (Å²) in [4.78, 5) is 26.1. The Labute approximate surface area is 118 Å². The molecule has 0 aliphatic heterocycles. The Hall–Kier alpha value is -2.05. The monoisotopic (exact) mass is 283 g/mol. The second-order valence-electron chi connectivity index (χ2n) is 5.45. The molecule has 1 amide bonds. The SMILES string of the molecule is Cc1nc(C(=O)O)cn1CCCNC(=O)OC(C)(C)C. The predicted molar refractivity (Wildman–Crippen MR) is 72.8 cm³/mol. The number of ether oxygens (including phenoxy) is 1. The van der Waals surface area contributed by atoms with Gasteiger partial charge in [0.2, 0.25) is 0 Å². The Balaban J connectivity index is 2.35. The molecule has 0 aliphatic rings. The molecule has 7 heteroatoms. The van der Waals surface area contributed by atoms with E-state index in [1.54, 1.807) is 32.3 Å². The summed E-state index contributed by atoms with van der Waals surface area (Å²) < 4.78 is 6.85. The number of aromatic carboxylic acids is 1. The summed E-state index contributed by atoms with van der Waals surface area (Å²) in [5.41, 5.74) is -0.482. The zero-order valence-corrected chi connectivity index (χ0v) is 12.3. The summed E-state index contributed by atoms with van der Waals surface area (Å²) in [6, 6.07) is 0. The van der Waals surface area contributed by atoms with Crippen LogP contribution in [0.3, 0.4) is 0 Å². The zero-order chi connectivity index (χ0) is 15.3. The molecule has 0 bridgehead atoms. The number of imidazole rings is 1. The molecule has 0 unspecified atom stereocenters. The normalized spacial score (nSPS) is 11.2. The number of carbonyl (C=O) groups is 2. The van der Waals surface area contributed by atoms with E-state index in [0.717, 1.165) is 0 Å². The average Bonchev–Trinajstić information content (AvgIpc) is 2.64. The van der Waals surface area contributed by atoms with Gasteiger partial charge in [0, 0.05) is 19.3 Å². The molecule has 7 nitrogen and oxygen atoms in total. The molecule has 0 radical (unpaired) electrons. The molecular weight excluding hydrogens is 262 g/mol. The van der Waals surface area contributed by atoms with E-state index in [1.807, 2.05) is 0 Å². The Morgan fingerprint density at radius 1 is 1.45 bits per heavy atom. The van der Waals surface area contributed by atoms with Crippen LogP contribution in [0.25, 0.3) is 0 Å². The van der Waals surface area contributed by atoms with Crippen molar-refractivity contribution in [1.29, 1.82) is 0 Å². The van der Waals surface area contributed by atoms with Crippen LogP contribution < -0.4 is 5.32 Å². The molecule has 0 saturated heterocycles. The van der Waals surface area contributed by atoms with E-state index in [1.165, 1.54) is 6.20 Å². The van der Waals surface area contributed by atoms with Gasteiger partial charge in [0.15, 0.2) is 5.69 Å². The van der Waals surface area contributed by atoms with Crippen LogP contribution in [0.2, 0.25) is 0 Å². The molecule has 0 atom stereocenters. The van der Waals surface area contributed by atoms with Crippen LogP contribution in [0.4, 0.5) is 4.79 Å². The number of carboxylic acids is 1. The Morgan fingerprint density at radius 2 is 2.10 bits per heavy atom. The number of alkyl carbamates (subject to hydrolysis) is 1. The first kappa shape index (κ1) is 16.0. The standard InChI is InChI=1S/C13H21N3O4/c1-9-15-10(11(17)18)8-16(9)7-5-6-14-12(19)20-13(2,3)4/h8H,5-7H2,1-4H3,(H,14,19)(H,17,18). The molecule has 1 aromatic heterocycles. The molecule has 0 aliphatic carbocycles. The van der Waals surface area contributed by atoms with E-state index in [0.29, 0.717) is 25.3 Å². The van der Waals surface area contributed by atoms with Crippen LogP contribution in [0, 0.1) is 6.92 Å². The fraction of sp³-hybridized carbons (Fsp3) is 0.615. The van der Waals surface area contributed by atoms with Crippen molar-refractivity contribution in [3.05, 3.63) is 17.7 Å². The quantitative estimate of drug-likeness (QED) is 0.804. The molecule has 1 heterocycles. The van der Waals surface area contributed by atoms with Gasteiger partial charge in [-0.25, -0.2) is 14.6 Å². The minimum Gasteiger partial charge on any atom is -0.476 e. The molecule has 112 valence electrons. The van der Waals surface area contributed by atoms with Crippen molar-refractivity contribution in [2.75, 3.05) is 6.54 Å². The zero-order valence-electron chi connectivity index (χ0n) is 12.3. The van der Waals surface area contributed by atoms with Gasteiger partial charge >= 0.3 is 12.1 Å². The van der Waals surface area contributed by atoms with E-state index in [2.05, 4.69) is 10.3 Å². The van der Waals surface area contributed by atoms with Crippen molar-refractivity contribution >= 4 is 12.1 Å². The minimum absolute atomic E-state index is 0.0302. The number of amides is 1. The maximum Gasteiger partial charge on any atom is 0.407 e. The van der Waals surface area contributed by atoms with Crippen molar-refractivity contribution < 1.29 is 19.4 Å². The highest BCUT2D eigenvalue weighted by Gasteiger charge is 2.15. The number of aromatic nitrogens is 2. The fourth-order valence-electron chi connectivity index (χ4n) is 1.59. The average molecular weight is 283 g/mol. The highest BCUT2D eigenvalue weighted by atomic mass is 16.6. The van der Waals surface area contributed by atoms with Gasteiger partial charge in [-0.1, -0.05) is 0 Å². The summed E-state index contributed by atoms with van der Waals surface area (Å²) in [6.07, 6.45) is 1.70. The third-order valence-corrected chi connectivity index (χ3v) is 2.44. The third-order valence-electron chi connectivity index (χ3n) is 2.44. The van der Waals surface area contributed by atoms with Crippen molar-refractivity contribution in [3.8, 4) is 0 Å². The molecule has 20 heavy (non-hydrogen) atoms. The lowest BCUT2D eigenvalue weighted by atomic mass is 10.2. The van der Waals surface area contributed by atoms with E-state index >= 15 is 0 Å². The molecule has 1 rings (SSSR count). The largest absolute Gasteiger partial charge is 0.476 e. The lowest BCUT2D eigenvalue weighted by Gasteiger charge is -2.19. The molecular formula is C13H21N3O4. The van der Waals surface area contributed by atoms with Gasteiger partial charge in [0.05, 0.1) is 0 Å². The summed E-state index contributed by atoms with van der Waals surface area (Å²) in [5, 5.41) is 11.5. The van der Waals surface area contributed by atoms with E-state index < -0.39 is 17.7 Å².